The number of nitrogens with two attached hydrogens (primary N) is 1. The number of aliphatic hydroxyl groups excluding tert-OH is 1. The van der Waals surface area contributed by atoms with Crippen molar-refractivity contribution in [2.24, 2.45) is 5.41 Å². The van der Waals surface area contributed by atoms with Gasteiger partial charge in [-0.3, -0.25) is 0 Å². The van der Waals surface area contributed by atoms with Crippen LogP contribution in [-0.4, -0.2) is 79.6 Å². The van der Waals surface area contributed by atoms with Gasteiger partial charge in [0.2, 0.25) is 10.0 Å². The first-order chi connectivity index (χ1) is 17.8. The van der Waals surface area contributed by atoms with Gasteiger partial charge >= 0.3 is 6.18 Å². The first-order valence-electron chi connectivity index (χ1n) is 12.4. The number of nitrogens with zero attached hydrogens (tertiary/aromatic N) is 3. The van der Waals surface area contributed by atoms with Gasteiger partial charge in [-0.05, 0) is 61.4 Å². The molecule has 0 amide bonds. The van der Waals surface area contributed by atoms with Crippen molar-refractivity contribution in [1.29, 1.82) is 0 Å². The zero-order valence-electron chi connectivity index (χ0n) is 21.1. The van der Waals surface area contributed by atoms with Gasteiger partial charge in [-0.1, -0.05) is 12.1 Å². The lowest BCUT2D eigenvalue weighted by Gasteiger charge is -2.47. The molecule has 2 aromatic rings. The molecule has 0 saturated carbocycles. The second-order valence-corrected chi connectivity index (χ2v) is 12.2. The summed E-state index contributed by atoms with van der Waals surface area (Å²) in [6, 6.07) is 7.93. The number of nitrogen functional groups attached to an aromatic ring is 1. The summed E-state index contributed by atoms with van der Waals surface area (Å²) < 4.78 is 73.6. The highest BCUT2D eigenvalue weighted by Gasteiger charge is 2.51. The van der Waals surface area contributed by atoms with Gasteiger partial charge in [0, 0.05) is 57.4 Å². The van der Waals surface area contributed by atoms with E-state index in [-0.39, 0.29) is 48.6 Å². The van der Waals surface area contributed by atoms with E-state index in [1.54, 1.807) is 0 Å². The molecule has 1 aromatic heterocycles. The summed E-state index contributed by atoms with van der Waals surface area (Å²) in [7, 11) is -3.88. The van der Waals surface area contributed by atoms with E-state index < -0.39 is 27.2 Å². The van der Waals surface area contributed by atoms with Crippen LogP contribution in [0.1, 0.15) is 31.7 Å². The fourth-order valence-electron chi connectivity index (χ4n) is 5.13. The van der Waals surface area contributed by atoms with E-state index >= 15 is 0 Å². The number of alkyl halides is 3. The fourth-order valence-corrected chi connectivity index (χ4v) is 6.54. The van der Waals surface area contributed by atoms with Gasteiger partial charge in [-0.2, -0.15) is 17.5 Å². The summed E-state index contributed by atoms with van der Waals surface area (Å²) in [6.07, 6.45) is -1.96. The van der Waals surface area contributed by atoms with Crippen LogP contribution in [0, 0.1) is 5.41 Å². The number of anilines is 2. The Morgan fingerprint density at radius 3 is 2.34 bits per heavy atom. The zero-order valence-corrected chi connectivity index (χ0v) is 21.9. The Morgan fingerprint density at radius 2 is 1.79 bits per heavy atom. The predicted octanol–water partition coefficient (Wildman–Crippen LogP) is 2.49. The topological polar surface area (TPSA) is 129 Å². The molecule has 38 heavy (non-hydrogen) atoms. The number of hydrogen-bond acceptors (Lipinski definition) is 8. The highest BCUT2D eigenvalue weighted by molar-refractivity contribution is 7.89. The summed E-state index contributed by atoms with van der Waals surface area (Å²) in [5, 5.41) is 20.3. The molecule has 2 atom stereocenters. The predicted molar refractivity (Wildman–Crippen MR) is 135 cm³/mol. The van der Waals surface area contributed by atoms with Crippen LogP contribution in [0.5, 0.6) is 0 Å². The minimum atomic E-state index is -4.84. The van der Waals surface area contributed by atoms with E-state index in [0.717, 1.165) is 0 Å². The van der Waals surface area contributed by atoms with E-state index in [2.05, 4.69) is 4.98 Å². The molecule has 1 unspecified atom stereocenters. The van der Waals surface area contributed by atoms with Crippen molar-refractivity contribution in [3.8, 4) is 0 Å². The summed E-state index contributed by atoms with van der Waals surface area (Å²) in [4.78, 5) is 5.88. The van der Waals surface area contributed by atoms with Crippen LogP contribution in [0.25, 0.3) is 0 Å². The SMILES string of the molecule is CC(O)(c1ccc(N2CCN(S(=O)(=O)c3ccc(N)nc3)C[C@@H]2CC2(CO)CCOCC2)cc1)C(F)(F)F. The van der Waals surface area contributed by atoms with Crippen molar-refractivity contribution in [3.05, 3.63) is 48.2 Å². The number of hydrogen-bond donors (Lipinski definition) is 3. The number of sulfonamides is 1. The van der Waals surface area contributed by atoms with Gasteiger partial charge in [0.15, 0.2) is 5.60 Å². The number of ether oxygens (including phenoxy) is 1. The first-order valence-corrected chi connectivity index (χ1v) is 13.8. The molecule has 0 bridgehead atoms. The average molecular weight is 559 g/mol. The van der Waals surface area contributed by atoms with Crippen LogP contribution in [0.15, 0.2) is 47.5 Å². The molecule has 2 fully saturated rings. The Balaban J connectivity index is 1.64. The molecular formula is C25H33F3N4O5S. The third kappa shape index (κ3) is 5.62. The fraction of sp³-hybridized carbons (Fsp3) is 0.560. The van der Waals surface area contributed by atoms with Gasteiger partial charge in [-0.25, -0.2) is 13.4 Å². The van der Waals surface area contributed by atoms with E-state index in [4.69, 9.17) is 10.5 Å². The maximum atomic E-state index is 13.4. The highest BCUT2D eigenvalue weighted by atomic mass is 32.2. The molecule has 210 valence electrons. The quantitative estimate of drug-likeness (QED) is 0.473. The smallest absolute Gasteiger partial charge is 0.396 e. The van der Waals surface area contributed by atoms with Gasteiger partial charge in [-0.15, -0.1) is 0 Å². The largest absolute Gasteiger partial charge is 0.421 e. The van der Waals surface area contributed by atoms with Gasteiger partial charge in [0.05, 0.1) is 0 Å². The Labute approximate surface area is 220 Å². The maximum Gasteiger partial charge on any atom is 0.421 e. The lowest BCUT2D eigenvalue weighted by Crippen LogP contribution is -2.57. The molecule has 0 aliphatic carbocycles. The van der Waals surface area contributed by atoms with Crippen molar-refractivity contribution >= 4 is 21.5 Å². The molecular weight excluding hydrogens is 525 g/mol. The molecule has 3 heterocycles. The monoisotopic (exact) mass is 558 g/mol. The molecule has 2 saturated heterocycles. The van der Waals surface area contributed by atoms with E-state index in [0.29, 0.717) is 45.1 Å². The van der Waals surface area contributed by atoms with E-state index in [1.807, 2.05) is 4.90 Å². The minimum absolute atomic E-state index is 0.0144. The number of piperazine rings is 1. The van der Waals surface area contributed by atoms with Crippen molar-refractivity contribution in [1.82, 2.24) is 9.29 Å². The molecule has 4 N–H and O–H groups in total. The molecule has 13 heteroatoms. The van der Waals surface area contributed by atoms with Gasteiger partial charge in [0.1, 0.15) is 10.7 Å². The Morgan fingerprint density at radius 1 is 1.13 bits per heavy atom. The third-order valence-corrected chi connectivity index (χ3v) is 9.56. The van der Waals surface area contributed by atoms with E-state index in [9.17, 15) is 31.8 Å². The molecule has 0 spiro atoms. The number of benzene rings is 1. The molecule has 2 aliphatic heterocycles. The summed E-state index contributed by atoms with van der Waals surface area (Å²) in [5.41, 5.74) is 2.44. The Kier molecular flexibility index (Phi) is 7.97. The minimum Gasteiger partial charge on any atom is -0.396 e. The Hall–Kier alpha value is -2.45. The van der Waals surface area contributed by atoms with Gasteiger partial charge in [0.25, 0.3) is 0 Å². The average Bonchev–Trinajstić information content (AvgIpc) is 2.89. The van der Waals surface area contributed by atoms with Crippen LogP contribution in [0.4, 0.5) is 24.7 Å². The molecule has 0 radical (unpaired) electrons. The lowest BCUT2D eigenvalue weighted by molar-refractivity contribution is -0.258. The second kappa shape index (κ2) is 10.6. The van der Waals surface area contributed by atoms with Gasteiger partial charge < -0.3 is 25.6 Å². The number of aromatic nitrogens is 1. The second-order valence-electron chi connectivity index (χ2n) is 10.2. The Bertz CT molecular complexity index is 1200. The van der Waals surface area contributed by atoms with E-state index in [1.165, 1.54) is 46.9 Å². The van der Waals surface area contributed by atoms with Crippen LogP contribution in [0.3, 0.4) is 0 Å². The van der Waals surface area contributed by atoms with Crippen molar-refractivity contribution in [3.63, 3.8) is 0 Å². The number of rotatable bonds is 7. The highest BCUT2D eigenvalue weighted by Crippen LogP contribution is 2.41. The summed E-state index contributed by atoms with van der Waals surface area (Å²) in [6.45, 7) is 2.09. The van der Waals surface area contributed by atoms with Crippen LogP contribution in [0.2, 0.25) is 0 Å². The standard InChI is InChI=1S/C25H33F3N4O5S/c1-23(34,25(26,27)28)18-2-4-19(5-3-18)32-11-10-31(38(35,36)21-6-7-22(29)30-15-21)16-20(32)14-24(17-33)8-12-37-13-9-24/h2-7,15,20,33-34H,8-14,16-17H2,1H3,(H2,29,30)/t20-,23?/m0/s1. The van der Waals surface area contributed by atoms with Crippen molar-refractivity contribution in [2.75, 3.05) is 50.1 Å². The van der Waals surface area contributed by atoms with Crippen molar-refractivity contribution < 1.29 is 36.5 Å². The number of pyridine rings is 1. The summed E-state index contributed by atoms with van der Waals surface area (Å²) >= 11 is 0. The normalized spacial score (nSPS) is 22.7. The molecule has 2 aliphatic rings. The van der Waals surface area contributed by atoms with Crippen molar-refractivity contribution in [2.45, 2.75) is 48.9 Å². The molecule has 9 nitrogen and oxygen atoms in total. The number of halogens is 3. The van der Waals surface area contributed by atoms with Crippen LogP contribution in [-0.2, 0) is 20.4 Å². The maximum absolute atomic E-state index is 13.4. The third-order valence-electron chi connectivity index (χ3n) is 7.71. The lowest BCUT2D eigenvalue weighted by atomic mass is 9.75. The first kappa shape index (κ1) is 28.6. The molecule has 4 rings (SSSR count). The molecule has 1 aromatic carbocycles. The summed E-state index contributed by atoms with van der Waals surface area (Å²) in [5.74, 6) is 0.198. The zero-order chi connectivity index (χ0) is 27.8. The van der Waals surface area contributed by atoms with Crippen LogP contribution >= 0.6 is 0 Å². The van der Waals surface area contributed by atoms with Crippen LogP contribution < -0.4 is 10.6 Å². The number of aliphatic hydroxyl groups is 2.